The van der Waals surface area contributed by atoms with E-state index in [1.165, 1.54) is 6.21 Å². The first-order valence-electron chi connectivity index (χ1n) is 8.87. The number of fused-ring (bicyclic) bond motifs is 2. The van der Waals surface area contributed by atoms with E-state index in [9.17, 15) is 9.59 Å². The Balaban J connectivity index is 1.75. The molecule has 0 saturated heterocycles. The lowest BCUT2D eigenvalue weighted by atomic mass is 10.0. The summed E-state index contributed by atoms with van der Waals surface area (Å²) in [5.74, 6) is -0.151. The summed E-state index contributed by atoms with van der Waals surface area (Å²) in [7, 11) is 0. The molecular formula is C22H18N2O3. The molecule has 134 valence electrons. The van der Waals surface area contributed by atoms with E-state index in [0.717, 1.165) is 27.8 Å². The van der Waals surface area contributed by atoms with E-state index in [2.05, 4.69) is 5.10 Å². The van der Waals surface area contributed by atoms with Crippen LogP contribution in [-0.2, 0) is 0 Å². The summed E-state index contributed by atoms with van der Waals surface area (Å²) in [6.45, 7) is 2.61. The van der Waals surface area contributed by atoms with Crippen molar-refractivity contribution in [3.63, 3.8) is 0 Å². The first-order chi connectivity index (χ1) is 13.2. The number of hydrogen-bond acceptors (Lipinski definition) is 4. The van der Waals surface area contributed by atoms with Crippen LogP contribution in [0.15, 0.2) is 65.8 Å². The number of nitrogens with zero attached hydrogens (tertiary/aromatic N) is 2. The Morgan fingerprint density at radius 3 is 2.30 bits per heavy atom. The SMILES string of the molecule is CCCOc1ccc2ccccc2c1C=NN1C(=O)c2ccccc2C1=O. The van der Waals surface area contributed by atoms with E-state index < -0.39 is 11.8 Å². The van der Waals surface area contributed by atoms with Crippen LogP contribution in [0, 0.1) is 0 Å². The van der Waals surface area contributed by atoms with Crippen LogP contribution >= 0.6 is 0 Å². The fourth-order valence-electron chi connectivity index (χ4n) is 3.14. The summed E-state index contributed by atoms with van der Waals surface area (Å²) in [4.78, 5) is 25.0. The molecule has 0 atom stereocenters. The highest BCUT2D eigenvalue weighted by Crippen LogP contribution is 2.28. The van der Waals surface area contributed by atoms with Crippen LogP contribution in [0.4, 0.5) is 0 Å². The average molecular weight is 358 g/mol. The van der Waals surface area contributed by atoms with Crippen LogP contribution in [-0.4, -0.2) is 29.6 Å². The van der Waals surface area contributed by atoms with Gasteiger partial charge in [-0.2, -0.15) is 10.1 Å². The van der Waals surface area contributed by atoms with E-state index in [0.29, 0.717) is 23.5 Å². The zero-order valence-corrected chi connectivity index (χ0v) is 14.9. The first kappa shape index (κ1) is 17.0. The minimum absolute atomic E-state index is 0.375. The van der Waals surface area contributed by atoms with Crippen LogP contribution in [0.5, 0.6) is 5.75 Å². The number of rotatable bonds is 5. The summed E-state index contributed by atoms with van der Waals surface area (Å²) in [6.07, 6.45) is 2.41. The molecule has 0 spiro atoms. The fourth-order valence-corrected chi connectivity index (χ4v) is 3.14. The highest BCUT2D eigenvalue weighted by Gasteiger charge is 2.35. The van der Waals surface area contributed by atoms with Gasteiger partial charge in [0.15, 0.2) is 0 Å². The molecule has 0 aromatic heterocycles. The predicted octanol–water partition coefficient (Wildman–Crippen LogP) is 4.26. The Hall–Kier alpha value is -3.47. The second-order valence-corrected chi connectivity index (χ2v) is 6.26. The molecule has 0 N–H and O–H groups in total. The second kappa shape index (κ2) is 7.03. The van der Waals surface area contributed by atoms with Gasteiger partial charge in [0.05, 0.1) is 23.9 Å². The molecule has 4 rings (SSSR count). The Morgan fingerprint density at radius 1 is 0.926 bits per heavy atom. The van der Waals surface area contributed by atoms with Crippen molar-refractivity contribution in [2.24, 2.45) is 5.10 Å². The molecular weight excluding hydrogens is 340 g/mol. The lowest BCUT2D eigenvalue weighted by Crippen LogP contribution is -2.24. The van der Waals surface area contributed by atoms with E-state index in [4.69, 9.17) is 4.74 Å². The quantitative estimate of drug-likeness (QED) is 0.506. The van der Waals surface area contributed by atoms with Gasteiger partial charge in [-0.1, -0.05) is 49.4 Å². The number of carbonyl (C=O) groups excluding carboxylic acids is 2. The zero-order valence-electron chi connectivity index (χ0n) is 14.9. The van der Waals surface area contributed by atoms with Crippen molar-refractivity contribution in [1.82, 2.24) is 5.01 Å². The molecule has 3 aromatic carbocycles. The molecule has 0 fully saturated rings. The second-order valence-electron chi connectivity index (χ2n) is 6.26. The highest BCUT2D eigenvalue weighted by atomic mass is 16.5. The molecule has 0 bridgehead atoms. The fraction of sp³-hybridized carbons (Fsp3) is 0.136. The van der Waals surface area contributed by atoms with Gasteiger partial charge in [0.2, 0.25) is 0 Å². The Kier molecular flexibility index (Phi) is 4.42. The van der Waals surface area contributed by atoms with Crippen LogP contribution < -0.4 is 4.74 Å². The summed E-state index contributed by atoms with van der Waals surface area (Å²) in [5, 5.41) is 7.11. The molecule has 0 aliphatic carbocycles. The maximum absolute atomic E-state index is 12.5. The number of amides is 2. The van der Waals surface area contributed by atoms with Crippen LogP contribution in [0.25, 0.3) is 10.8 Å². The van der Waals surface area contributed by atoms with Crippen molar-refractivity contribution in [3.05, 3.63) is 77.4 Å². The molecule has 3 aromatic rings. The van der Waals surface area contributed by atoms with Crippen molar-refractivity contribution in [3.8, 4) is 5.75 Å². The van der Waals surface area contributed by atoms with Crippen molar-refractivity contribution in [2.75, 3.05) is 6.61 Å². The number of imide groups is 1. The average Bonchev–Trinajstić information content (AvgIpc) is 2.95. The zero-order chi connectivity index (χ0) is 18.8. The summed E-state index contributed by atoms with van der Waals surface area (Å²) in [6, 6.07) is 18.5. The summed E-state index contributed by atoms with van der Waals surface area (Å²) < 4.78 is 5.85. The summed E-state index contributed by atoms with van der Waals surface area (Å²) >= 11 is 0. The van der Waals surface area contributed by atoms with E-state index in [1.807, 2.05) is 43.3 Å². The van der Waals surface area contributed by atoms with Gasteiger partial charge in [-0.3, -0.25) is 9.59 Å². The predicted molar refractivity (Wildman–Crippen MR) is 104 cm³/mol. The van der Waals surface area contributed by atoms with Gasteiger partial charge in [-0.15, -0.1) is 0 Å². The number of hydrazone groups is 1. The molecule has 1 aliphatic heterocycles. The molecule has 5 nitrogen and oxygen atoms in total. The standard InChI is InChI=1S/C22H18N2O3/c1-2-13-27-20-12-11-15-7-3-4-8-16(15)19(20)14-23-24-21(25)17-9-5-6-10-18(17)22(24)26/h3-12,14H,2,13H2,1H3. The Bertz CT molecular complexity index is 1040. The molecule has 0 radical (unpaired) electrons. The van der Waals surface area contributed by atoms with Gasteiger partial charge in [0.25, 0.3) is 11.8 Å². The third-order valence-electron chi connectivity index (χ3n) is 4.47. The van der Waals surface area contributed by atoms with Crippen molar-refractivity contribution < 1.29 is 14.3 Å². The summed E-state index contributed by atoms with van der Waals surface area (Å²) in [5.41, 5.74) is 1.50. The smallest absolute Gasteiger partial charge is 0.282 e. The van der Waals surface area contributed by atoms with E-state index >= 15 is 0 Å². The van der Waals surface area contributed by atoms with Crippen molar-refractivity contribution in [1.29, 1.82) is 0 Å². The van der Waals surface area contributed by atoms with Gasteiger partial charge in [-0.25, -0.2) is 0 Å². The number of carbonyl (C=O) groups is 2. The molecule has 0 unspecified atom stereocenters. The monoisotopic (exact) mass is 358 g/mol. The molecule has 0 saturated carbocycles. The Morgan fingerprint density at radius 2 is 1.59 bits per heavy atom. The van der Waals surface area contributed by atoms with Crippen molar-refractivity contribution in [2.45, 2.75) is 13.3 Å². The maximum Gasteiger partial charge on any atom is 0.282 e. The number of benzene rings is 3. The third-order valence-corrected chi connectivity index (χ3v) is 4.47. The number of ether oxygens (including phenoxy) is 1. The normalized spacial score (nSPS) is 13.6. The van der Waals surface area contributed by atoms with Gasteiger partial charge in [0.1, 0.15) is 5.75 Å². The van der Waals surface area contributed by atoms with E-state index in [1.54, 1.807) is 24.3 Å². The molecule has 5 heteroatoms. The van der Waals surface area contributed by atoms with Crippen LogP contribution in [0.3, 0.4) is 0 Å². The van der Waals surface area contributed by atoms with Gasteiger partial charge in [-0.05, 0) is 35.4 Å². The lowest BCUT2D eigenvalue weighted by molar-refractivity contribution is 0.0660. The van der Waals surface area contributed by atoms with E-state index in [-0.39, 0.29) is 0 Å². The van der Waals surface area contributed by atoms with Crippen LogP contribution in [0.1, 0.15) is 39.6 Å². The minimum atomic E-state index is -0.414. The molecule has 1 heterocycles. The lowest BCUT2D eigenvalue weighted by Gasteiger charge is -2.12. The molecule has 1 aliphatic rings. The van der Waals surface area contributed by atoms with Crippen molar-refractivity contribution >= 4 is 28.8 Å². The molecule has 2 amide bonds. The highest BCUT2D eigenvalue weighted by molar-refractivity contribution is 6.21. The number of hydrogen-bond donors (Lipinski definition) is 0. The first-order valence-corrected chi connectivity index (χ1v) is 8.87. The van der Waals surface area contributed by atoms with Gasteiger partial charge in [0, 0.05) is 5.56 Å². The Labute approximate surface area is 156 Å². The molecule has 27 heavy (non-hydrogen) atoms. The van der Waals surface area contributed by atoms with Gasteiger partial charge < -0.3 is 4.74 Å². The third kappa shape index (κ3) is 2.97. The minimum Gasteiger partial charge on any atom is -0.493 e. The largest absolute Gasteiger partial charge is 0.493 e. The van der Waals surface area contributed by atoms with Gasteiger partial charge >= 0.3 is 0 Å². The van der Waals surface area contributed by atoms with Crippen LogP contribution in [0.2, 0.25) is 0 Å². The topological polar surface area (TPSA) is 59.0 Å². The maximum atomic E-state index is 12.5.